The maximum absolute atomic E-state index is 12.4. The Hall–Kier alpha value is -2.99. The quantitative estimate of drug-likeness (QED) is 0.614. The lowest BCUT2D eigenvalue weighted by Crippen LogP contribution is -2.23. The predicted molar refractivity (Wildman–Crippen MR) is 92.7 cm³/mol. The fraction of sp³-hybridized carbons (Fsp3) is 0.0556. The van der Waals surface area contributed by atoms with Crippen LogP contribution in [0.3, 0.4) is 0 Å². The van der Waals surface area contributed by atoms with Gasteiger partial charge in [0.1, 0.15) is 5.69 Å². The lowest BCUT2D eigenvalue weighted by atomic mass is 10.1. The Morgan fingerprint density at radius 1 is 1.17 bits per heavy atom. The van der Waals surface area contributed by atoms with Crippen LogP contribution in [0.2, 0.25) is 0 Å². The standard InChI is InChI=1S/C18H13N3O2S/c22-18(12-5-6-14-16(9-12)24-11-21-14)20-10-13-3-1-7-19-17(13)15-4-2-8-23-15/h1-9,11H,10H2,(H,20,22). The number of hydrogen-bond donors (Lipinski definition) is 1. The van der Waals surface area contributed by atoms with E-state index in [0.717, 1.165) is 21.5 Å². The molecule has 3 aromatic heterocycles. The molecule has 0 bridgehead atoms. The summed E-state index contributed by atoms with van der Waals surface area (Å²) in [5.41, 5.74) is 4.94. The van der Waals surface area contributed by atoms with Crippen molar-refractivity contribution in [3.05, 3.63) is 71.6 Å². The summed E-state index contributed by atoms with van der Waals surface area (Å²) in [5, 5.41) is 2.94. The van der Waals surface area contributed by atoms with E-state index >= 15 is 0 Å². The molecule has 4 rings (SSSR count). The highest BCUT2D eigenvalue weighted by molar-refractivity contribution is 7.16. The number of rotatable bonds is 4. The minimum Gasteiger partial charge on any atom is -0.463 e. The van der Waals surface area contributed by atoms with Crippen molar-refractivity contribution in [1.82, 2.24) is 15.3 Å². The van der Waals surface area contributed by atoms with E-state index in [1.807, 2.05) is 36.4 Å². The molecule has 0 aliphatic carbocycles. The highest BCUT2D eigenvalue weighted by Gasteiger charge is 2.11. The van der Waals surface area contributed by atoms with Crippen LogP contribution in [0.1, 0.15) is 15.9 Å². The third-order valence-electron chi connectivity index (χ3n) is 3.68. The Morgan fingerprint density at radius 3 is 3.00 bits per heavy atom. The van der Waals surface area contributed by atoms with Gasteiger partial charge in [0.25, 0.3) is 5.91 Å². The summed E-state index contributed by atoms with van der Waals surface area (Å²) in [6, 6.07) is 12.9. The van der Waals surface area contributed by atoms with Gasteiger partial charge in [0, 0.05) is 23.9 Å². The van der Waals surface area contributed by atoms with Crippen molar-refractivity contribution >= 4 is 27.5 Å². The number of carbonyl (C=O) groups is 1. The zero-order valence-corrected chi connectivity index (χ0v) is 13.4. The number of nitrogens with one attached hydrogen (secondary N) is 1. The minimum atomic E-state index is -0.125. The number of aromatic nitrogens is 2. The molecule has 0 spiro atoms. The van der Waals surface area contributed by atoms with Gasteiger partial charge in [-0.2, -0.15) is 0 Å². The Kier molecular flexibility index (Phi) is 3.80. The molecule has 1 aromatic carbocycles. The number of carbonyl (C=O) groups excluding carboxylic acids is 1. The normalized spacial score (nSPS) is 10.8. The fourth-order valence-corrected chi connectivity index (χ4v) is 3.21. The second kappa shape index (κ2) is 6.25. The monoisotopic (exact) mass is 335 g/mol. The van der Waals surface area contributed by atoms with Gasteiger partial charge in [0.15, 0.2) is 5.76 Å². The molecule has 3 heterocycles. The molecule has 0 aliphatic rings. The van der Waals surface area contributed by atoms with Crippen LogP contribution in [0.4, 0.5) is 0 Å². The molecule has 1 N–H and O–H groups in total. The molecule has 0 saturated carbocycles. The van der Waals surface area contributed by atoms with Crippen LogP contribution in [0.25, 0.3) is 21.7 Å². The van der Waals surface area contributed by atoms with Crippen LogP contribution in [0, 0.1) is 0 Å². The first-order valence-electron chi connectivity index (χ1n) is 7.40. The second-order valence-corrected chi connectivity index (χ2v) is 6.09. The van der Waals surface area contributed by atoms with Crippen molar-refractivity contribution in [3.8, 4) is 11.5 Å². The molecule has 6 heteroatoms. The molecule has 0 radical (unpaired) electrons. The third kappa shape index (κ3) is 2.79. The van der Waals surface area contributed by atoms with Gasteiger partial charge in [-0.05, 0) is 36.4 Å². The highest BCUT2D eigenvalue weighted by atomic mass is 32.1. The summed E-state index contributed by atoms with van der Waals surface area (Å²) in [7, 11) is 0. The van der Waals surface area contributed by atoms with E-state index in [1.54, 1.807) is 24.0 Å². The van der Waals surface area contributed by atoms with Gasteiger partial charge in [-0.1, -0.05) is 6.07 Å². The lowest BCUT2D eigenvalue weighted by molar-refractivity contribution is 0.0951. The Morgan fingerprint density at radius 2 is 2.12 bits per heavy atom. The number of thiazole rings is 1. The molecule has 0 saturated heterocycles. The van der Waals surface area contributed by atoms with Crippen LogP contribution < -0.4 is 5.32 Å². The molecule has 4 aromatic rings. The number of amides is 1. The van der Waals surface area contributed by atoms with Crippen LogP contribution in [-0.4, -0.2) is 15.9 Å². The summed E-state index contributed by atoms with van der Waals surface area (Å²) in [4.78, 5) is 21.0. The number of benzene rings is 1. The van der Waals surface area contributed by atoms with Gasteiger partial charge in [0.05, 0.1) is 22.0 Å². The van der Waals surface area contributed by atoms with Gasteiger partial charge < -0.3 is 9.73 Å². The highest BCUT2D eigenvalue weighted by Crippen LogP contribution is 2.22. The molecule has 1 amide bonds. The molecule has 118 valence electrons. The van der Waals surface area contributed by atoms with Crippen molar-refractivity contribution in [3.63, 3.8) is 0 Å². The molecular weight excluding hydrogens is 322 g/mol. The van der Waals surface area contributed by atoms with E-state index in [1.165, 1.54) is 11.3 Å². The molecule has 24 heavy (non-hydrogen) atoms. The number of furan rings is 1. The first-order chi connectivity index (χ1) is 11.8. The van der Waals surface area contributed by atoms with E-state index in [2.05, 4.69) is 15.3 Å². The van der Waals surface area contributed by atoms with Crippen molar-refractivity contribution in [2.75, 3.05) is 0 Å². The van der Waals surface area contributed by atoms with Crippen molar-refractivity contribution in [2.24, 2.45) is 0 Å². The first-order valence-corrected chi connectivity index (χ1v) is 8.28. The van der Waals surface area contributed by atoms with Gasteiger partial charge in [-0.3, -0.25) is 9.78 Å². The largest absolute Gasteiger partial charge is 0.463 e. The van der Waals surface area contributed by atoms with E-state index in [9.17, 15) is 4.79 Å². The van der Waals surface area contributed by atoms with Gasteiger partial charge >= 0.3 is 0 Å². The van der Waals surface area contributed by atoms with Gasteiger partial charge in [-0.15, -0.1) is 11.3 Å². The second-order valence-electron chi connectivity index (χ2n) is 5.21. The Balaban J connectivity index is 1.53. The maximum atomic E-state index is 12.4. The van der Waals surface area contributed by atoms with Gasteiger partial charge in [-0.25, -0.2) is 4.98 Å². The molecule has 5 nitrogen and oxygen atoms in total. The molecular formula is C18H13N3O2S. The van der Waals surface area contributed by atoms with Crippen LogP contribution in [0.15, 0.2) is 64.9 Å². The molecule has 0 unspecified atom stereocenters. The molecule has 0 aliphatic heterocycles. The summed E-state index contributed by atoms with van der Waals surface area (Å²) >= 11 is 1.52. The van der Waals surface area contributed by atoms with E-state index in [-0.39, 0.29) is 5.91 Å². The third-order valence-corrected chi connectivity index (χ3v) is 4.47. The van der Waals surface area contributed by atoms with Crippen molar-refractivity contribution in [1.29, 1.82) is 0 Å². The molecule has 0 fully saturated rings. The Bertz CT molecular complexity index is 992. The smallest absolute Gasteiger partial charge is 0.251 e. The average Bonchev–Trinajstić information content (AvgIpc) is 3.30. The summed E-state index contributed by atoms with van der Waals surface area (Å²) in [6.07, 6.45) is 3.32. The van der Waals surface area contributed by atoms with Crippen LogP contribution >= 0.6 is 11.3 Å². The minimum absolute atomic E-state index is 0.125. The maximum Gasteiger partial charge on any atom is 0.251 e. The number of hydrogen-bond acceptors (Lipinski definition) is 5. The van der Waals surface area contributed by atoms with E-state index < -0.39 is 0 Å². The summed E-state index contributed by atoms with van der Waals surface area (Å²) in [5.74, 6) is 0.561. The topological polar surface area (TPSA) is 68.0 Å². The van der Waals surface area contributed by atoms with E-state index in [0.29, 0.717) is 17.9 Å². The number of nitrogens with zero attached hydrogens (tertiary/aromatic N) is 2. The zero-order valence-electron chi connectivity index (χ0n) is 12.6. The SMILES string of the molecule is O=C(NCc1cccnc1-c1ccco1)c1ccc2ncsc2c1. The van der Waals surface area contributed by atoms with Crippen LogP contribution in [-0.2, 0) is 6.54 Å². The summed E-state index contributed by atoms with van der Waals surface area (Å²) in [6.45, 7) is 0.378. The van der Waals surface area contributed by atoms with Crippen LogP contribution in [0.5, 0.6) is 0 Å². The summed E-state index contributed by atoms with van der Waals surface area (Å²) < 4.78 is 6.41. The van der Waals surface area contributed by atoms with Gasteiger partial charge in [0.2, 0.25) is 0 Å². The van der Waals surface area contributed by atoms with Crippen molar-refractivity contribution < 1.29 is 9.21 Å². The number of fused-ring (bicyclic) bond motifs is 1. The predicted octanol–water partition coefficient (Wildman–Crippen LogP) is 3.88. The number of pyridine rings is 1. The molecule has 0 atom stereocenters. The Labute approximate surface area is 142 Å². The first kappa shape index (κ1) is 14.6. The fourth-order valence-electron chi connectivity index (χ4n) is 2.49. The van der Waals surface area contributed by atoms with E-state index in [4.69, 9.17) is 4.42 Å². The average molecular weight is 335 g/mol. The lowest BCUT2D eigenvalue weighted by Gasteiger charge is -2.08. The van der Waals surface area contributed by atoms with Crippen molar-refractivity contribution in [2.45, 2.75) is 6.54 Å². The zero-order chi connectivity index (χ0) is 16.4.